The standard InChI is InChI=1S/C21H24N2O2S/c1-13-5-6-17-18-12-23(8-7-19(18)22-20(17)11-13)26(24,25)21-15(3)9-14(2)10-16(21)4/h5-6,9-11,22H,7-8,12H2,1-4H3. The van der Waals surface area contributed by atoms with Crippen LogP contribution in [0.2, 0.25) is 0 Å². The lowest BCUT2D eigenvalue weighted by atomic mass is 10.1. The molecule has 4 nitrogen and oxygen atoms in total. The van der Waals surface area contributed by atoms with Crippen molar-refractivity contribution < 1.29 is 8.42 Å². The Hall–Kier alpha value is -2.11. The second-order valence-corrected chi connectivity index (χ2v) is 9.32. The van der Waals surface area contributed by atoms with E-state index >= 15 is 0 Å². The molecule has 0 amide bonds. The van der Waals surface area contributed by atoms with E-state index in [1.807, 2.05) is 32.9 Å². The Labute approximate surface area is 154 Å². The largest absolute Gasteiger partial charge is 0.358 e. The van der Waals surface area contributed by atoms with Crippen LogP contribution in [0.1, 0.15) is 33.5 Å². The lowest BCUT2D eigenvalue weighted by Gasteiger charge is -2.28. The van der Waals surface area contributed by atoms with Crippen LogP contribution in [-0.4, -0.2) is 24.3 Å². The highest BCUT2D eigenvalue weighted by Crippen LogP contribution is 2.33. The Morgan fingerprint density at radius 3 is 2.35 bits per heavy atom. The number of hydrogen-bond acceptors (Lipinski definition) is 2. The van der Waals surface area contributed by atoms with E-state index in [0.717, 1.165) is 38.9 Å². The topological polar surface area (TPSA) is 53.2 Å². The Balaban J connectivity index is 1.78. The van der Waals surface area contributed by atoms with Gasteiger partial charge in [0, 0.05) is 36.1 Å². The van der Waals surface area contributed by atoms with E-state index in [1.165, 1.54) is 5.56 Å². The second kappa shape index (κ2) is 5.96. The van der Waals surface area contributed by atoms with Crippen molar-refractivity contribution in [2.45, 2.75) is 45.6 Å². The maximum absolute atomic E-state index is 13.4. The van der Waals surface area contributed by atoms with E-state index in [-0.39, 0.29) is 0 Å². The fraction of sp³-hybridized carbons (Fsp3) is 0.333. The van der Waals surface area contributed by atoms with Gasteiger partial charge in [0.1, 0.15) is 0 Å². The number of sulfonamides is 1. The highest BCUT2D eigenvalue weighted by molar-refractivity contribution is 7.89. The van der Waals surface area contributed by atoms with E-state index in [1.54, 1.807) is 4.31 Å². The van der Waals surface area contributed by atoms with Gasteiger partial charge >= 0.3 is 0 Å². The van der Waals surface area contributed by atoms with Crippen LogP contribution < -0.4 is 0 Å². The number of H-pyrrole nitrogens is 1. The molecule has 1 N–H and O–H groups in total. The molecule has 0 atom stereocenters. The first-order valence-electron chi connectivity index (χ1n) is 8.95. The second-order valence-electron chi connectivity index (χ2n) is 7.45. The minimum atomic E-state index is -3.52. The Kier molecular flexibility index (Phi) is 3.97. The molecule has 0 aliphatic carbocycles. The van der Waals surface area contributed by atoms with E-state index in [4.69, 9.17) is 0 Å². The third-order valence-electron chi connectivity index (χ3n) is 5.30. The normalized spacial score (nSPS) is 15.4. The summed E-state index contributed by atoms with van der Waals surface area (Å²) < 4.78 is 28.4. The van der Waals surface area contributed by atoms with Crippen LogP contribution in [-0.2, 0) is 23.0 Å². The number of fused-ring (bicyclic) bond motifs is 3. The zero-order valence-electron chi connectivity index (χ0n) is 15.7. The van der Waals surface area contributed by atoms with Crippen LogP contribution in [0, 0.1) is 27.7 Å². The van der Waals surface area contributed by atoms with Gasteiger partial charge in [-0.05, 0) is 56.0 Å². The first kappa shape index (κ1) is 17.3. The van der Waals surface area contributed by atoms with Crippen molar-refractivity contribution in [2.24, 2.45) is 0 Å². The van der Waals surface area contributed by atoms with E-state index in [2.05, 4.69) is 30.1 Å². The number of nitrogens with one attached hydrogen (secondary N) is 1. The van der Waals surface area contributed by atoms with Crippen LogP contribution in [0.15, 0.2) is 35.2 Å². The summed E-state index contributed by atoms with van der Waals surface area (Å²) in [5.41, 5.74) is 7.30. The van der Waals surface area contributed by atoms with Gasteiger partial charge in [-0.3, -0.25) is 0 Å². The summed E-state index contributed by atoms with van der Waals surface area (Å²) >= 11 is 0. The van der Waals surface area contributed by atoms with Gasteiger partial charge in [-0.2, -0.15) is 4.31 Å². The lowest BCUT2D eigenvalue weighted by Crippen LogP contribution is -2.36. The Morgan fingerprint density at radius 1 is 0.962 bits per heavy atom. The molecule has 136 valence electrons. The smallest absolute Gasteiger partial charge is 0.243 e. The SMILES string of the molecule is Cc1cc(C)c(S(=O)(=O)N2CCc3[nH]c4cc(C)ccc4c3C2)c(C)c1. The van der Waals surface area contributed by atoms with Crippen LogP contribution in [0.5, 0.6) is 0 Å². The minimum absolute atomic E-state index is 0.424. The highest BCUT2D eigenvalue weighted by Gasteiger charge is 2.32. The number of rotatable bonds is 2. The molecule has 2 heterocycles. The summed E-state index contributed by atoms with van der Waals surface area (Å²) in [6.45, 7) is 8.77. The number of nitrogens with zero attached hydrogens (tertiary/aromatic N) is 1. The van der Waals surface area contributed by atoms with Crippen LogP contribution in [0.3, 0.4) is 0 Å². The molecule has 3 aromatic rings. The zero-order valence-corrected chi connectivity index (χ0v) is 16.5. The van der Waals surface area contributed by atoms with Crippen LogP contribution in [0.4, 0.5) is 0 Å². The molecule has 1 aliphatic rings. The minimum Gasteiger partial charge on any atom is -0.358 e. The maximum atomic E-state index is 13.4. The van der Waals surface area contributed by atoms with Crippen molar-refractivity contribution in [3.8, 4) is 0 Å². The molecular weight excluding hydrogens is 344 g/mol. The predicted molar refractivity (Wildman–Crippen MR) is 105 cm³/mol. The van der Waals surface area contributed by atoms with Crippen LogP contribution >= 0.6 is 0 Å². The fourth-order valence-electron chi connectivity index (χ4n) is 4.22. The lowest BCUT2D eigenvalue weighted by molar-refractivity contribution is 0.390. The van der Waals surface area contributed by atoms with Gasteiger partial charge in [0.2, 0.25) is 10.0 Å². The molecule has 0 bridgehead atoms. The quantitative estimate of drug-likeness (QED) is 0.739. The van der Waals surface area contributed by atoms with Crippen molar-refractivity contribution in [3.63, 3.8) is 0 Å². The highest BCUT2D eigenvalue weighted by atomic mass is 32.2. The monoisotopic (exact) mass is 368 g/mol. The molecule has 0 saturated heterocycles. The van der Waals surface area contributed by atoms with Crippen molar-refractivity contribution >= 4 is 20.9 Å². The van der Waals surface area contributed by atoms with Gasteiger partial charge in [0.15, 0.2) is 0 Å². The van der Waals surface area contributed by atoms with E-state index < -0.39 is 10.0 Å². The third-order valence-corrected chi connectivity index (χ3v) is 7.45. The summed E-state index contributed by atoms with van der Waals surface area (Å²) in [7, 11) is -3.52. The molecule has 0 fully saturated rings. The van der Waals surface area contributed by atoms with Gasteiger partial charge < -0.3 is 4.98 Å². The van der Waals surface area contributed by atoms with Gasteiger partial charge in [-0.25, -0.2) is 8.42 Å². The number of aromatic nitrogens is 1. The van der Waals surface area contributed by atoms with Gasteiger partial charge in [-0.15, -0.1) is 0 Å². The summed E-state index contributed by atoms with van der Waals surface area (Å²) in [6.07, 6.45) is 0.715. The van der Waals surface area contributed by atoms with Gasteiger partial charge in [-0.1, -0.05) is 29.8 Å². The average molecular weight is 369 g/mol. The Morgan fingerprint density at radius 2 is 1.65 bits per heavy atom. The first-order chi connectivity index (χ1) is 12.3. The fourth-order valence-corrected chi connectivity index (χ4v) is 6.04. The maximum Gasteiger partial charge on any atom is 0.243 e. The number of aromatic amines is 1. The molecule has 0 radical (unpaired) electrons. The van der Waals surface area contributed by atoms with Crippen molar-refractivity contribution in [3.05, 3.63) is 63.8 Å². The molecule has 0 unspecified atom stereocenters. The Bertz CT molecular complexity index is 1100. The summed E-state index contributed by atoms with van der Waals surface area (Å²) in [5.74, 6) is 0. The van der Waals surface area contributed by atoms with E-state index in [9.17, 15) is 8.42 Å². The molecule has 1 aliphatic heterocycles. The predicted octanol–water partition coefficient (Wildman–Crippen LogP) is 4.15. The van der Waals surface area contributed by atoms with E-state index in [0.29, 0.717) is 24.4 Å². The molecule has 5 heteroatoms. The number of hydrogen-bond donors (Lipinski definition) is 1. The molecule has 2 aromatic carbocycles. The summed E-state index contributed by atoms with van der Waals surface area (Å²) in [5, 5.41) is 1.13. The third kappa shape index (κ3) is 2.66. The molecule has 0 spiro atoms. The van der Waals surface area contributed by atoms with Gasteiger partial charge in [0.05, 0.1) is 4.90 Å². The average Bonchev–Trinajstić information content (AvgIpc) is 2.89. The van der Waals surface area contributed by atoms with Crippen molar-refractivity contribution in [1.29, 1.82) is 0 Å². The van der Waals surface area contributed by atoms with Gasteiger partial charge in [0.25, 0.3) is 0 Å². The number of aryl methyl sites for hydroxylation is 4. The number of benzene rings is 2. The molecular formula is C21H24N2O2S. The van der Waals surface area contributed by atoms with Crippen molar-refractivity contribution in [2.75, 3.05) is 6.54 Å². The molecule has 0 saturated carbocycles. The van der Waals surface area contributed by atoms with Crippen LogP contribution in [0.25, 0.3) is 10.9 Å². The summed E-state index contributed by atoms with van der Waals surface area (Å²) in [6, 6.07) is 10.2. The molecule has 26 heavy (non-hydrogen) atoms. The molecule has 4 rings (SSSR count). The first-order valence-corrected chi connectivity index (χ1v) is 10.4. The zero-order chi connectivity index (χ0) is 18.6. The summed E-state index contributed by atoms with van der Waals surface area (Å²) in [4.78, 5) is 3.94. The van der Waals surface area contributed by atoms with Crippen molar-refractivity contribution in [1.82, 2.24) is 9.29 Å². The molecule has 1 aromatic heterocycles.